The molecule has 0 radical (unpaired) electrons. The minimum absolute atomic E-state index is 0.159. The number of rotatable bonds is 10. The van der Waals surface area contributed by atoms with Crippen LogP contribution in [0.25, 0.3) is 11.0 Å². The smallest absolute Gasteiger partial charge is 0.327 e. The standard InChI is InChI=1S/C28H30F3N3S/c1-3-33(4-2)18-11-19-34-25-17-16-22(28(29,30)31)20-24(25)32-27(34)26(21-12-7-5-8-13-21)35-23-14-9-6-10-15-23/h5-10,12-17,20,26H,3-4,11,18-19H2,1-2H3. The number of benzene rings is 3. The third-order valence-corrected chi connectivity index (χ3v) is 7.45. The molecule has 0 saturated heterocycles. The largest absolute Gasteiger partial charge is 0.416 e. The monoisotopic (exact) mass is 497 g/mol. The minimum Gasteiger partial charge on any atom is -0.327 e. The Labute approximate surface area is 209 Å². The van der Waals surface area contributed by atoms with E-state index in [1.807, 2.05) is 36.4 Å². The fourth-order valence-corrected chi connectivity index (χ4v) is 5.45. The molecule has 3 nitrogen and oxygen atoms in total. The molecule has 7 heteroatoms. The minimum atomic E-state index is -4.40. The highest BCUT2D eigenvalue weighted by Crippen LogP contribution is 2.41. The van der Waals surface area contributed by atoms with E-state index < -0.39 is 11.7 Å². The molecule has 4 rings (SSSR count). The topological polar surface area (TPSA) is 21.1 Å². The van der Waals surface area contributed by atoms with Crippen LogP contribution >= 0.6 is 11.8 Å². The van der Waals surface area contributed by atoms with Gasteiger partial charge >= 0.3 is 6.18 Å². The lowest BCUT2D eigenvalue weighted by atomic mass is 10.1. The van der Waals surface area contributed by atoms with Gasteiger partial charge in [-0.25, -0.2) is 4.98 Å². The Morgan fingerprint density at radius 2 is 1.57 bits per heavy atom. The van der Waals surface area contributed by atoms with Gasteiger partial charge < -0.3 is 9.47 Å². The summed E-state index contributed by atoms with van der Waals surface area (Å²) in [4.78, 5) is 8.26. The van der Waals surface area contributed by atoms with Crippen molar-refractivity contribution >= 4 is 22.8 Å². The molecule has 0 aliphatic rings. The number of hydrogen-bond donors (Lipinski definition) is 0. The van der Waals surface area contributed by atoms with Gasteiger partial charge in [0.1, 0.15) is 5.82 Å². The number of imidazole rings is 1. The highest BCUT2D eigenvalue weighted by atomic mass is 32.2. The van der Waals surface area contributed by atoms with Crippen molar-refractivity contribution in [2.45, 2.75) is 43.1 Å². The number of aromatic nitrogens is 2. The summed E-state index contributed by atoms with van der Waals surface area (Å²) < 4.78 is 42.5. The Bertz CT molecular complexity index is 1220. The molecule has 0 spiro atoms. The Hall–Kier alpha value is -2.77. The normalized spacial score (nSPS) is 13.0. The third-order valence-electron chi connectivity index (χ3n) is 6.19. The second kappa shape index (κ2) is 11.3. The SMILES string of the molecule is CCN(CC)CCCn1c(C(Sc2ccccc2)c2ccccc2)nc2cc(C(F)(F)F)ccc21. The van der Waals surface area contributed by atoms with Crippen molar-refractivity contribution in [3.8, 4) is 0 Å². The predicted molar refractivity (Wildman–Crippen MR) is 138 cm³/mol. The number of alkyl halides is 3. The van der Waals surface area contributed by atoms with Crippen LogP contribution in [0.3, 0.4) is 0 Å². The summed E-state index contributed by atoms with van der Waals surface area (Å²) in [6, 6.07) is 24.0. The number of hydrogen-bond acceptors (Lipinski definition) is 3. The van der Waals surface area contributed by atoms with Gasteiger partial charge in [-0.2, -0.15) is 13.2 Å². The third kappa shape index (κ3) is 6.08. The van der Waals surface area contributed by atoms with E-state index in [1.165, 1.54) is 6.07 Å². The number of aryl methyl sites for hydroxylation is 1. The van der Waals surface area contributed by atoms with E-state index in [0.717, 1.165) is 53.9 Å². The maximum atomic E-state index is 13.5. The second-order valence-corrected chi connectivity index (χ2v) is 9.60. The van der Waals surface area contributed by atoms with Crippen molar-refractivity contribution in [3.63, 3.8) is 0 Å². The second-order valence-electron chi connectivity index (χ2n) is 8.42. The lowest BCUT2D eigenvalue weighted by Crippen LogP contribution is -2.25. The van der Waals surface area contributed by atoms with Crippen molar-refractivity contribution in [2.24, 2.45) is 0 Å². The molecule has 0 aliphatic heterocycles. The van der Waals surface area contributed by atoms with Crippen molar-refractivity contribution in [2.75, 3.05) is 19.6 Å². The van der Waals surface area contributed by atoms with Crippen molar-refractivity contribution in [1.29, 1.82) is 0 Å². The summed E-state index contributed by atoms with van der Waals surface area (Å²) in [6.45, 7) is 7.84. The fourth-order valence-electron chi connectivity index (χ4n) is 4.28. The molecule has 0 N–H and O–H groups in total. The zero-order chi connectivity index (χ0) is 24.8. The molecular formula is C28H30F3N3S. The number of thioether (sulfide) groups is 1. The number of nitrogens with zero attached hydrogens (tertiary/aromatic N) is 3. The van der Waals surface area contributed by atoms with Gasteiger partial charge in [0.2, 0.25) is 0 Å². The molecule has 184 valence electrons. The average molecular weight is 498 g/mol. The number of halogens is 3. The highest BCUT2D eigenvalue weighted by Gasteiger charge is 2.32. The average Bonchev–Trinajstić information content (AvgIpc) is 3.23. The summed E-state index contributed by atoms with van der Waals surface area (Å²) in [6.07, 6.45) is -3.52. The first kappa shape index (κ1) is 25.3. The summed E-state index contributed by atoms with van der Waals surface area (Å²) >= 11 is 1.67. The van der Waals surface area contributed by atoms with Crippen LogP contribution in [0, 0.1) is 0 Å². The molecule has 4 aromatic rings. The van der Waals surface area contributed by atoms with Gasteiger partial charge in [0.25, 0.3) is 0 Å². The maximum Gasteiger partial charge on any atom is 0.416 e. The first-order valence-corrected chi connectivity index (χ1v) is 12.8. The first-order valence-electron chi connectivity index (χ1n) is 12.0. The van der Waals surface area contributed by atoms with E-state index in [2.05, 4.69) is 47.6 Å². The lowest BCUT2D eigenvalue weighted by Gasteiger charge is -2.21. The van der Waals surface area contributed by atoms with Crippen molar-refractivity contribution in [1.82, 2.24) is 14.5 Å². The fraction of sp³-hybridized carbons (Fsp3) is 0.321. The molecule has 1 atom stereocenters. The molecule has 1 heterocycles. The van der Waals surface area contributed by atoms with Crippen molar-refractivity contribution < 1.29 is 13.2 Å². The first-order chi connectivity index (χ1) is 16.9. The van der Waals surface area contributed by atoms with Crippen LogP contribution in [-0.4, -0.2) is 34.1 Å². The van der Waals surface area contributed by atoms with E-state index >= 15 is 0 Å². The van der Waals surface area contributed by atoms with Gasteiger partial charge in [0.05, 0.1) is 21.8 Å². The predicted octanol–water partition coefficient (Wildman–Crippen LogP) is 7.67. The highest BCUT2D eigenvalue weighted by molar-refractivity contribution is 7.99. The zero-order valence-corrected chi connectivity index (χ0v) is 20.8. The lowest BCUT2D eigenvalue weighted by molar-refractivity contribution is -0.137. The molecule has 35 heavy (non-hydrogen) atoms. The molecule has 1 unspecified atom stereocenters. The van der Waals surface area contributed by atoms with E-state index in [-0.39, 0.29) is 5.25 Å². The van der Waals surface area contributed by atoms with Gasteiger partial charge in [0.15, 0.2) is 0 Å². The van der Waals surface area contributed by atoms with Crippen molar-refractivity contribution in [3.05, 3.63) is 95.8 Å². The van der Waals surface area contributed by atoms with Gasteiger partial charge in [-0.05, 0) is 62.0 Å². The molecule has 0 fully saturated rings. The van der Waals surface area contributed by atoms with Crippen LogP contribution in [-0.2, 0) is 12.7 Å². The van der Waals surface area contributed by atoms with Crippen LogP contribution in [0.1, 0.15) is 42.5 Å². The summed E-state index contributed by atoms with van der Waals surface area (Å²) in [5.74, 6) is 0.777. The Morgan fingerprint density at radius 3 is 2.20 bits per heavy atom. The van der Waals surface area contributed by atoms with Crippen LogP contribution in [0.15, 0.2) is 83.8 Å². The molecule has 0 saturated carbocycles. The van der Waals surface area contributed by atoms with Crippen LogP contribution in [0.2, 0.25) is 0 Å². The van der Waals surface area contributed by atoms with Gasteiger partial charge in [-0.3, -0.25) is 0 Å². The molecule has 3 aromatic carbocycles. The Morgan fingerprint density at radius 1 is 0.914 bits per heavy atom. The molecule has 1 aromatic heterocycles. The molecular weight excluding hydrogens is 467 g/mol. The van der Waals surface area contributed by atoms with E-state index in [1.54, 1.807) is 17.8 Å². The molecule has 0 amide bonds. The maximum absolute atomic E-state index is 13.5. The van der Waals surface area contributed by atoms with Crippen LogP contribution < -0.4 is 0 Å². The molecule has 0 aliphatic carbocycles. The van der Waals surface area contributed by atoms with E-state index in [9.17, 15) is 13.2 Å². The summed E-state index contributed by atoms with van der Waals surface area (Å²) in [5, 5.41) is -0.159. The summed E-state index contributed by atoms with van der Waals surface area (Å²) in [5.41, 5.74) is 1.52. The van der Waals surface area contributed by atoms with E-state index in [0.29, 0.717) is 12.1 Å². The zero-order valence-electron chi connectivity index (χ0n) is 20.0. The van der Waals surface area contributed by atoms with E-state index in [4.69, 9.17) is 4.98 Å². The van der Waals surface area contributed by atoms with Crippen LogP contribution in [0.5, 0.6) is 0 Å². The molecule has 0 bridgehead atoms. The van der Waals surface area contributed by atoms with Crippen LogP contribution in [0.4, 0.5) is 13.2 Å². The summed E-state index contributed by atoms with van der Waals surface area (Å²) in [7, 11) is 0. The Balaban J connectivity index is 1.80. The number of fused-ring (bicyclic) bond motifs is 1. The van der Waals surface area contributed by atoms with Gasteiger partial charge in [-0.15, -0.1) is 11.8 Å². The van der Waals surface area contributed by atoms with Gasteiger partial charge in [0, 0.05) is 11.4 Å². The Kier molecular flexibility index (Phi) is 8.19. The quantitative estimate of drug-likeness (QED) is 0.210. The van der Waals surface area contributed by atoms with Gasteiger partial charge in [-0.1, -0.05) is 62.4 Å².